The van der Waals surface area contributed by atoms with E-state index in [1.807, 2.05) is 55.5 Å². The van der Waals surface area contributed by atoms with Crippen LogP contribution in [-0.4, -0.2) is 23.5 Å². The number of aromatic nitrogens is 1. The maximum Gasteiger partial charge on any atom is 0.358 e. The Morgan fingerprint density at radius 3 is 2.39 bits per heavy atom. The van der Waals surface area contributed by atoms with Gasteiger partial charge in [0.15, 0.2) is 12.3 Å². The highest BCUT2D eigenvalue weighted by Gasteiger charge is 2.15. The average Bonchev–Trinajstić information content (AvgIpc) is 3.17. The lowest BCUT2D eigenvalue weighted by molar-refractivity contribution is -0.119. The molecule has 0 atom stereocenters. The summed E-state index contributed by atoms with van der Waals surface area (Å²) < 4.78 is 5.09. The lowest BCUT2D eigenvalue weighted by Crippen LogP contribution is -2.21. The van der Waals surface area contributed by atoms with Gasteiger partial charge in [-0.3, -0.25) is 4.79 Å². The van der Waals surface area contributed by atoms with Gasteiger partial charge in [0.05, 0.1) is 0 Å². The van der Waals surface area contributed by atoms with Crippen LogP contribution in [0.4, 0.5) is 5.69 Å². The number of aryl methyl sites for hydroxylation is 1. The number of esters is 1. The van der Waals surface area contributed by atoms with Crippen LogP contribution in [0.25, 0.3) is 10.6 Å². The highest BCUT2D eigenvalue weighted by molar-refractivity contribution is 7.13. The summed E-state index contributed by atoms with van der Waals surface area (Å²) in [6, 6.07) is 15.5. The zero-order valence-electron chi connectivity index (χ0n) is 16.1. The third-order valence-electron chi connectivity index (χ3n) is 4.21. The fourth-order valence-electron chi connectivity index (χ4n) is 2.55. The van der Waals surface area contributed by atoms with E-state index in [9.17, 15) is 9.59 Å². The van der Waals surface area contributed by atoms with Crippen LogP contribution < -0.4 is 5.32 Å². The molecule has 2 aromatic carbocycles. The van der Waals surface area contributed by atoms with Crippen molar-refractivity contribution in [2.75, 3.05) is 11.9 Å². The topological polar surface area (TPSA) is 68.3 Å². The van der Waals surface area contributed by atoms with E-state index in [4.69, 9.17) is 4.74 Å². The van der Waals surface area contributed by atoms with E-state index in [1.165, 1.54) is 16.9 Å². The van der Waals surface area contributed by atoms with Gasteiger partial charge in [-0.1, -0.05) is 55.8 Å². The van der Waals surface area contributed by atoms with Crippen LogP contribution in [0.1, 0.15) is 41.4 Å². The van der Waals surface area contributed by atoms with Crippen LogP contribution in [0.3, 0.4) is 0 Å². The van der Waals surface area contributed by atoms with Crippen LogP contribution in [-0.2, 0) is 9.53 Å². The highest BCUT2D eigenvalue weighted by Crippen LogP contribution is 2.24. The first-order valence-electron chi connectivity index (χ1n) is 9.02. The van der Waals surface area contributed by atoms with Gasteiger partial charge in [-0.05, 0) is 30.5 Å². The SMILES string of the molecule is Cc1ccc(-c2nc(C(=O)OCC(=O)Nc3ccc(C(C)C)cc3)cs2)cc1. The average molecular weight is 394 g/mol. The van der Waals surface area contributed by atoms with Crippen molar-refractivity contribution in [1.29, 1.82) is 0 Å². The predicted molar refractivity (Wildman–Crippen MR) is 112 cm³/mol. The summed E-state index contributed by atoms with van der Waals surface area (Å²) in [6.45, 7) is 5.87. The number of ether oxygens (including phenoxy) is 1. The molecule has 0 bridgehead atoms. The Morgan fingerprint density at radius 2 is 1.75 bits per heavy atom. The van der Waals surface area contributed by atoms with Crippen LogP contribution in [0.2, 0.25) is 0 Å². The molecule has 1 N–H and O–H groups in total. The smallest absolute Gasteiger partial charge is 0.358 e. The minimum Gasteiger partial charge on any atom is -0.451 e. The Morgan fingerprint density at radius 1 is 1.07 bits per heavy atom. The minimum absolute atomic E-state index is 0.203. The Labute approximate surface area is 168 Å². The molecule has 3 aromatic rings. The number of anilines is 1. The maximum absolute atomic E-state index is 12.2. The molecule has 1 heterocycles. The minimum atomic E-state index is -0.611. The van der Waals surface area contributed by atoms with E-state index in [0.717, 1.165) is 16.1 Å². The van der Waals surface area contributed by atoms with Crippen molar-refractivity contribution in [2.24, 2.45) is 0 Å². The Bertz CT molecular complexity index is 960. The zero-order valence-corrected chi connectivity index (χ0v) is 16.9. The van der Waals surface area contributed by atoms with Crippen molar-refractivity contribution in [3.63, 3.8) is 0 Å². The van der Waals surface area contributed by atoms with Gasteiger partial charge in [-0.15, -0.1) is 11.3 Å². The molecule has 144 valence electrons. The van der Waals surface area contributed by atoms with Crippen molar-refractivity contribution in [3.05, 3.63) is 70.7 Å². The molecular formula is C22H22N2O3S. The molecule has 0 fully saturated rings. The van der Waals surface area contributed by atoms with E-state index in [2.05, 4.69) is 24.1 Å². The molecule has 0 aliphatic heterocycles. The number of hydrogen-bond acceptors (Lipinski definition) is 5. The molecule has 0 saturated heterocycles. The molecule has 0 saturated carbocycles. The van der Waals surface area contributed by atoms with Crippen molar-refractivity contribution >= 4 is 28.9 Å². The van der Waals surface area contributed by atoms with Gasteiger partial charge in [0.1, 0.15) is 5.01 Å². The largest absolute Gasteiger partial charge is 0.451 e. The Hall–Kier alpha value is -2.99. The quantitative estimate of drug-likeness (QED) is 0.595. The van der Waals surface area contributed by atoms with Crippen molar-refractivity contribution in [2.45, 2.75) is 26.7 Å². The molecule has 6 heteroatoms. The molecule has 5 nitrogen and oxygen atoms in total. The van der Waals surface area contributed by atoms with Crippen molar-refractivity contribution in [1.82, 2.24) is 4.98 Å². The van der Waals surface area contributed by atoms with E-state index in [0.29, 0.717) is 11.6 Å². The van der Waals surface area contributed by atoms with Crippen LogP contribution in [0.5, 0.6) is 0 Å². The summed E-state index contributed by atoms with van der Waals surface area (Å²) in [4.78, 5) is 28.5. The van der Waals surface area contributed by atoms with Gasteiger partial charge in [0, 0.05) is 16.6 Å². The van der Waals surface area contributed by atoms with E-state index in [-0.39, 0.29) is 18.2 Å². The zero-order chi connectivity index (χ0) is 20.1. The van der Waals surface area contributed by atoms with E-state index >= 15 is 0 Å². The van der Waals surface area contributed by atoms with Crippen molar-refractivity contribution < 1.29 is 14.3 Å². The highest BCUT2D eigenvalue weighted by atomic mass is 32.1. The van der Waals surface area contributed by atoms with Gasteiger partial charge in [-0.2, -0.15) is 0 Å². The molecule has 0 unspecified atom stereocenters. The predicted octanol–water partition coefficient (Wildman–Crippen LogP) is 5.04. The van der Waals surface area contributed by atoms with Crippen LogP contribution in [0, 0.1) is 6.92 Å². The third-order valence-corrected chi connectivity index (χ3v) is 5.10. The summed E-state index contributed by atoms with van der Waals surface area (Å²) in [5, 5.41) is 5.09. The number of thiazole rings is 1. The third kappa shape index (κ3) is 5.04. The molecular weight excluding hydrogens is 372 g/mol. The summed E-state index contributed by atoms with van der Waals surface area (Å²) >= 11 is 1.36. The monoisotopic (exact) mass is 394 g/mol. The number of carbonyl (C=O) groups is 2. The number of carbonyl (C=O) groups excluding carboxylic acids is 2. The molecule has 0 aliphatic rings. The molecule has 0 spiro atoms. The molecule has 3 rings (SSSR count). The second kappa shape index (κ2) is 8.80. The molecule has 1 aromatic heterocycles. The molecule has 0 radical (unpaired) electrons. The first kappa shape index (κ1) is 19.8. The number of amides is 1. The fourth-order valence-corrected chi connectivity index (χ4v) is 3.35. The van der Waals surface area contributed by atoms with Crippen molar-refractivity contribution in [3.8, 4) is 10.6 Å². The second-order valence-corrected chi connectivity index (χ2v) is 7.66. The second-order valence-electron chi connectivity index (χ2n) is 6.80. The van der Waals surface area contributed by atoms with E-state index < -0.39 is 5.97 Å². The number of nitrogens with zero attached hydrogens (tertiary/aromatic N) is 1. The summed E-state index contributed by atoms with van der Waals surface area (Å²) in [5.74, 6) is -0.576. The molecule has 1 amide bonds. The lowest BCUT2D eigenvalue weighted by Gasteiger charge is -2.08. The first-order chi connectivity index (χ1) is 13.4. The van der Waals surface area contributed by atoms with E-state index in [1.54, 1.807) is 5.38 Å². The molecule has 0 aliphatic carbocycles. The normalized spacial score (nSPS) is 10.7. The number of hydrogen-bond donors (Lipinski definition) is 1. The van der Waals surface area contributed by atoms with Gasteiger partial charge >= 0.3 is 5.97 Å². The maximum atomic E-state index is 12.2. The molecule has 28 heavy (non-hydrogen) atoms. The van der Waals surface area contributed by atoms with Gasteiger partial charge in [0.25, 0.3) is 5.91 Å². The van der Waals surface area contributed by atoms with Gasteiger partial charge in [0.2, 0.25) is 0 Å². The first-order valence-corrected chi connectivity index (χ1v) is 9.90. The standard InChI is InChI=1S/C22H22N2O3S/c1-14(2)16-8-10-18(11-9-16)23-20(25)12-27-22(26)19-13-28-21(24-19)17-6-4-15(3)5-7-17/h4-11,13-14H,12H2,1-3H3,(H,23,25). The number of nitrogens with one attached hydrogen (secondary N) is 1. The summed E-state index contributed by atoms with van der Waals surface area (Å²) in [6.07, 6.45) is 0. The summed E-state index contributed by atoms with van der Waals surface area (Å²) in [7, 11) is 0. The van der Waals surface area contributed by atoms with Crippen LogP contribution >= 0.6 is 11.3 Å². The number of rotatable bonds is 6. The Kier molecular flexibility index (Phi) is 6.21. The van der Waals surface area contributed by atoms with Gasteiger partial charge < -0.3 is 10.1 Å². The van der Waals surface area contributed by atoms with Gasteiger partial charge in [-0.25, -0.2) is 9.78 Å². The lowest BCUT2D eigenvalue weighted by atomic mass is 10.0. The Balaban J connectivity index is 1.53. The fraction of sp³-hybridized carbons (Fsp3) is 0.227. The number of benzene rings is 2. The van der Waals surface area contributed by atoms with Crippen LogP contribution in [0.15, 0.2) is 53.9 Å². The summed E-state index contributed by atoms with van der Waals surface area (Å²) in [5.41, 5.74) is 4.16.